The van der Waals surface area contributed by atoms with Crippen LogP contribution >= 0.6 is 23.5 Å². The zero-order valence-corrected chi connectivity index (χ0v) is 15.6. The van der Waals surface area contributed by atoms with Gasteiger partial charge in [0.05, 0.1) is 5.02 Å². The number of pyridine rings is 2. The van der Waals surface area contributed by atoms with Gasteiger partial charge in [-0.1, -0.05) is 11.6 Å². The smallest absolute Gasteiger partial charge is 0.275 e. The molecule has 0 saturated heterocycles. The van der Waals surface area contributed by atoms with E-state index in [1.54, 1.807) is 24.3 Å². The minimum Gasteiger partial charge on any atom is -0.369 e. The van der Waals surface area contributed by atoms with Crippen molar-refractivity contribution in [3.8, 4) is 0 Å². The van der Waals surface area contributed by atoms with Gasteiger partial charge in [-0.3, -0.25) is 9.10 Å². The number of nitrogens with two attached hydrogens (primary N) is 1. The average molecular weight is 395 g/mol. The van der Waals surface area contributed by atoms with Crippen molar-refractivity contribution in [1.29, 1.82) is 0 Å². The number of amides is 1. The molecule has 0 radical (unpaired) electrons. The van der Waals surface area contributed by atoms with Gasteiger partial charge in [0.1, 0.15) is 28.6 Å². The van der Waals surface area contributed by atoms with Crippen LogP contribution in [0.5, 0.6) is 0 Å². The van der Waals surface area contributed by atoms with Crippen LogP contribution < -0.4 is 11.1 Å². The number of carbonyl (C=O) groups is 1. The minimum absolute atomic E-state index is 0.114. The van der Waals surface area contributed by atoms with Crippen molar-refractivity contribution in [1.82, 2.24) is 14.3 Å². The van der Waals surface area contributed by atoms with Crippen LogP contribution in [-0.2, 0) is 5.54 Å². The minimum atomic E-state index is -0.940. The van der Waals surface area contributed by atoms with E-state index < -0.39 is 17.3 Å². The van der Waals surface area contributed by atoms with Crippen LogP contribution in [0.15, 0.2) is 35.5 Å². The van der Waals surface area contributed by atoms with Crippen LogP contribution in [0, 0.1) is 5.82 Å². The van der Waals surface area contributed by atoms with Gasteiger partial charge in [-0.25, -0.2) is 19.4 Å². The zero-order valence-electron chi connectivity index (χ0n) is 14.0. The number of aromatic nitrogens is 2. The number of rotatable bonds is 3. The van der Waals surface area contributed by atoms with Crippen LogP contribution in [0.1, 0.15) is 23.1 Å². The zero-order chi connectivity index (χ0) is 18.9. The molecule has 1 atom stereocenters. The van der Waals surface area contributed by atoms with E-state index in [1.807, 2.05) is 0 Å². The van der Waals surface area contributed by atoms with E-state index in [2.05, 4.69) is 20.3 Å². The summed E-state index contributed by atoms with van der Waals surface area (Å²) in [6.45, 7) is 1.75. The standard InChI is InChI=1S/C16H16ClFN6OS/c1-16(8-26-24(2)15(19)23-16)13-10(18)4-6-12(21-13)22-14(25)11-5-3-9(17)7-20-11/h3-7H,8H2,1-2H3,(H2,19,23)(H,21,22,25)/t16-/m0/s1. The number of nitrogens with one attached hydrogen (secondary N) is 1. The molecule has 1 aliphatic heterocycles. The van der Waals surface area contributed by atoms with Crippen molar-refractivity contribution in [2.45, 2.75) is 12.5 Å². The summed E-state index contributed by atoms with van der Waals surface area (Å²) in [7, 11) is 1.78. The largest absolute Gasteiger partial charge is 0.369 e. The van der Waals surface area contributed by atoms with Crippen LogP contribution in [0.4, 0.5) is 10.2 Å². The third kappa shape index (κ3) is 3.73. The van der Waals surface area contributed by atoms with Crippen molar-refractivity contribution in [2.24, 2.45) is 10.7 Å². The Morgan fingerprint density at radius 1 is 1.42 bits per heavy atom. The fourth-order valence-electron chi connectivity index (χ4n) is 2.35. The first kappa shape index (κ1) is 18.4. The normalized spacial score (nSPS) is 19.8. The lowest BCUT2D eigenvalue weighted by Gasteiger charge is -2.33. The fraction of sp³-hybridized carbons (Fsp3) is 0.250. The molecule has 3 heterocycles. The molecule has 0 saturated carbocycles. The van der Waals surface area contributed by atoms with Crippen molar-refractivity contribution in [3.05, 3.63) is 52.7 Å². The maximum absolute atomic E-state index is 14.4. The number of hydrogen-bond acceptors (Lipinski definition) is 7. The molecule has 0 spiro atoms. The molecule has 26 heavy (non-hydrogen) atoms. The summed E-state index contributed by atoms with van der Waals surface area (Å²) in [5.41, 5.74) is 5.21. The number of anilines is 1. The predicted octanol–water partition coefficient (Wildman–Crippen LogP) is 2.64. The van der Waals surface area contributed by atoms with E-state index in [1.165, 1.54) is 36.3 Å². The van der Waals surface area contributed by atoms with E-state index in [9.17, 15) is 9.18 Å². The highest BCUT2D eigenvalue weighted by Gasteiger charge is 2.36. The Balaban J connectivity index is 1.88. The molecule has 1 aliphatic rings. The molecule has 1 amide bonds. The van der Waals surface area contributed by atoms with Gasteiger partial charge in [0.15, 0.2) is 0 Å². The lowest BCUT2D eigenvalue weighted by molar-refractivity contribution is 0.102. The van der Waals surface area contributed by atoms with Gasteiger partial charge < -0.3 is 11.1 Å². The molecule has 10 heteroatoms. The summed E-state index contributed by atoms with van der Waals surface area (Å²) >= 11 is 7.18. The molecule has 3 rings (SSSR count). The Hall–Kier alpha value is -2.39. The molecule has 0 fully saturated rings. The third-order valence-corrected chi connectivity index (χ3v) is 5.27. The van der Waals surface area contributed by atoms with Gasteiger partial charge in [0, 0.05) is 19.0 Å². The molecular formula is C16H16ClFN6OS. The fourth-order valence-corrected chi connectivity index (χ4v) is 3.28. The molecule has 7 nitrogen and oxygen atoms in total. The molecule has 2 aromatic rings. The summed E-state index contributed by atoms with van der Waals surface area (Å²) in [5.74, 6) is -0.0501. The van der Waals surface area contributed by atoms with Crippen LogP contribution in [-0.4, -0.2) is 38.9 Å². The van der Waals surface area contributed by atoms with Crippen LogP contribution in [0.3, 0.4) is 0 Å². The Morgan fingerprint density at radius 3 is 2.85 bits per heavy atom. The van der Waals surface area contributed by atoms with Gasteiger partial charge in [0.2, 0.25) is 5.96 Å². The highest BCUT2D eigenvalue weighted by molar-refractivity contribution is 7.97. The Labute approximate surface area is 159 Å². The highest BCUT2D eigenvalue weighted by Crippen LogP contribution is 2.35. The van der Waals surface area contributed by atoms with Crippen molar-refractivity contribution in [2.75, 3.05) is 18.1 Å². The number of guanidine groups is 1. The lowest BCUT2D eigenvalue weighted by atomic mass is 10.00. The lowest BCUT2D eigenvalue weighted by Crippen LogP contribution is -2.41. The van der Waals surface area contributed by atoms with Gasteiger partial charge in [0.25, 0.3) is 5.91 Å². The summed E-state index contributed by atoms with van der Waals surface area (Å²) in [6.07, 6.45) is 1.37. The first-order chi connectivity index (χ1) is 12.3. The monoisotopic (exact) mass is 394 g/mol. The predicted molar refractivity (Wildman–Crippen MR) is 101 cm³/mol. The van der Waals surface area contributed by atoms with Gasteiger partial charge in [-0.2, -0.15) is 0 Å². The average Bonchev–Trinajstić information content (AvgIpc) is 2.60. The van der Waals surface area contributed by atoms with Gasteiger partial charge >= 0.3 is 0 Å². The maximum atomic E-state index is 14.4. The molecule has 3 N–H and O–H groups in total. The van der Waals surface area contributed by atoms with Crippen molar-refractivity contribution >= 4 is 41.2 Å². The molecular weight excluding hydrogens is 379 g/mol. The van der Waals surface area contributed by atoms with E-state index in [0.717, 1.165) is 0 Å². The Morgan fingerprint density at radius 2 is 2.19 bits per heavy atom. The molecule has 136 valence electrons. The first-order valence-electron chi connectivity index (χ1n) is 7.60. The number of hydrogen-bond donors (Lipinski definition) is 2. The SMILES string of the molecule is CN1SC[C@@](C)(c2nc(NC(=O)c3ccc(Cl)cn3)ccc2F)N=C1N. The number of nitrogens with zero attached hydrogens (tertiary/aromatic N) is 4. The van der Waals surface area contributed by atoms with Crippen LogP contribution in [0.25, 0.3) is 0 Å². The Kier molecular flexibility index (Phi) is 5.01. The van der Waals surface area contributed by atoms with Gasteiger partial charge in [-0.15, -0.1) is 0 Å². The molecule has 0 bridgehead atoms. The highest BCUT2D eigenvalue weighted by atomic mass is 35.5. The van der Waals surface area contributed by atoms with E-state index in [-0.39, 0.29) is 23.2 Å². The molecule has 0 aromatic carbocycles. The molecule has 0 unspecified atom stereocenters. The van der Waals surface area contributed by atoms with Crippen LogP contribution in [0.2, 0.25) is 5.02 Å². The quantitative estimate of drug-likeness (QED) is 0.777. The van der Waals surface area contributed by atoms with E-state index >= 15 is 0 Å². The summed E-state index contributed by atoms with van der Waals surface area (Å²) in [5, 5.41) is 3.03. The first-order valence-corrected chi connectivity index (χ1v) is 8.92. The summed E-state index contributed by atoms with van der Waals surface area (Å²) in [6, 6.07) is 5.67. The molecule has 0 aliphatic carbocycles. The van der Waals surface area contributed by atoms with E-state index in [0.29, 0.717) is 10.8 Å². The number of halogens is 2. The summed E-state index contributed by atoms with van der Waals surface area (Å²) < 4.78 is 16.1. The summed E-state index contributed by atoms with van der Waals surface area (Å²) in [4.78, 5) is 24.8. The second-order valence-corrected chi connectivity index (χ2v) is 7.39. The number of aliphatic imine (C=N–C) groups is 1. The third-order valence-electron chi connectivity index (χ3n) is 3.78. The van der Waals surface area contributed by atoms with E-state index in [4.69, 9.17) is 17.3 Å². The second kappa shape index (κ2) is 7.08. The Bertz CT molecular complexity index is 878. The van der Waals surface area contributed by atoms with Crippen molar-refractivity contribution in [3.63, 3.8) is 0 Å². The van der Waals surface area contributed by atoms with Crippen molar-refractivity contribution < 1.29 is 9.18 Å². The maximum Gasteiger partial charge on any atom is 0.275 e. The molecule has 2 aromatic heterocycles. The number of carbonyl (C=O) groups excluding carboxylic acids is 1. The van der Waals surface area contributed by atoms with Gasteiger partial charge in [-0.05, 0) is 43.1 Å². The topological polar surface area (TPSA) is 96.5 Å². The second-order valence-electron chi connectivity index (χ2n) is 5.86.